The summed E-state index contributed by atoms with van der Waals surface area (Å²) in [6.45, 7) is 0. The number of hydrogen-bond acceptors (Lipinski definition) is 4. The molecule has 7 heteroatoms. The van der Waals surface area contributed by atoms with E-state index in [2.05, 4.69) is 10.1 Å². The lowest BCUT2D eigenvalue weighted by atomic mass is 9.78. The molecule has 0 amide bonds. The van der Waals surface area contributed by atoms with Gasteiger partial charge in [0.15, 0.2) is 5.78 Å². The Morgan fingerprint density at radius 1 is 1.33 bits per heavy atom. The standard InChI is InChI=1S/C14H11ClFN3O2/c15-10-2-1-3-11(16)13(10)9-4-8(20)5-12(21)14(9)19-7-17-6-18-19/h1-3,6-7,9,14H,4-5H2/t9-,14+/m1/s1. The van der Waals surface area contributed by atoms with Crippen molar-refractivity contribution in [3.63, 3.8) is 0 Å². The molecule has 2 aromatic rings. The summed E-state index contributed by atoms with van der Waals surface area (Å²) < 4.78 is 15.5. The number of Topliss-reactive ketones (excluding diaryl/α,β-unsaturated/α-hetero) is 2. The molecule has 1 aromatic heterocycles. The zero-order valence-corrected chi connectivity index (χ0v) is 11.6. The highest BCUT2D eigenvalue weighted by molar-refractivity contribution is 6.31. The van der Waals surface area contributed by atoms with Crippen molar-refractivity contribution in [1.82, 2.24) is 14.8 Å². The van der Waals surface area contributed by atoms with E-state index in [1.807, 2.05) is 0 Å². The smallest absolute Gasteiger partial charge is 0.165 e. The Morgan fingerprint density at radius 2 is 2.14 bits per heavy atom. The second kappa shape index (κ2) is 5.37. The van der Waals surface area contributed by atoms with Crippen molar-refractivity contribution in [3.8, 4) is 0 Å². The van der Waals surface area contributed by atoms with Crippen molar-refractivity contribution in [2.24, 2.45) is 0 Å². The maximum atomic E-state index is 14.2. The average Bonchev–Trinajstić information content (AvgIpc) is 2.91. The highest BCUT2D eigenvalue weighted by atomic mass is 35.5. The van der Waals surface area contributed by atoms with Crippen LogP contribution in [0.1, 0.15) is 30.4 Å². The topological polar surface area (TPSA) is 64.8 Å². The Hall–Kier alpha value is -2.08. The molecule has 1 heterocycles. The minimum Gasteiger partial charge on any atom is -0.299 e. The maximum absolute atomic E-state index is 14.2. The Balaban J connectivity index is 2.12. The first kappa shape index (κ1) is 13.9. The second-order valence-electron chi connectivity index (χ2n) is 4.95. The van der Waals surface area contributed by atoms with Gasteiger partial charge in [0.2, 0.25) is 0 Å². The number of halogens is 2. The molecule has 3 rings (SSSR count). The molecule has 21 heavy (non-hydrogen) atoms. The van der Waals surface area contributed by atoms with Gasteiger partial charge in [-0.15, -0.1) is 0 Å². The molecule has 1 aliphatic rings. The summed E-state index contributed by atoms with van der Waals surface area (Å²) in [5.74, 6) is -1.73. The summed E-state index contributed by atoms with van der Waals surface area (Å²) in [7, 11) is 0. The predicted octanol–water partition coefficient (Wildman–Crippen LogP) is 2.33. The van der Waals surface area contributed by atoms with Crippen LogP contribution in [-0.2, 0) is 9.59 Å². The van der Waals surface area contributed by atoms with Crippen LogP contribution in [0.25, 0.3) is 0 Å². The third-order valence-corrected chi connectivity index (χ3v) is 3.95. The number of carbonyl (C=O) groups excluding carboxylic acids is 2. The Labute approximate surface area is 124 Å². The highest BCUT2D eigenvalue weighted by Crippen LogP contribution is 2.41. The normalized spacial score (nSPS) is 22.6. The van der Waals surface area contributed by atoms with Crippen LogP contribution < -0.4 is 0 Å². The first-order valence-corrected chi connectivity index (χ1v) is 6.78. The molecule has 0 spiro atoms. The third kappa shape index (κ3) is 2.47. The Bertz CT molecular complexity index is 682. The van der Waals surface area contributed by atoms with Crippen LogP contribution in [-0.4, -0.2) is 26.3 Å². The van der Waals surface area contributed by atoms with Crippen molar-refractivity contribution >= 4 is 23.2 Å². The van der Waals surface area contributed by atoms with Gasteiger partial charge in [-0.3, -0.25) is 9.59 Å². The fourth-order valence-electron chi connectivity index (χ4n) is 2.77. The van der Waals surface area contributed by atoms with Crippen molar-refractivity contribution in [2.45, 2.75) is 24.8 Å². The number of carbonyl (C=O) groups is 2. The molecule has 0 aliphatic heterocycles. The largest absolute Gasteiger partial charge is 0.299 e. The molecule has 0 bridgehead atoms. The van der Waals surface area contributed by atoms with Gasteiger partial charge in [-0.2, -0.15) is 5.10 Å². The molecule has 1 fully saturated rings. The van der Waals surface area contributed by atoms with Gasteiger partial charge < -0.3 is 0 Å². The fourth-order valence-corrected chi connectivity index (χ4v) is 3.07. The zero-order valence-electron chi connectivity index (χ0n) is 10.9. The van der Waals surface area contributed by atoms with Crippen LogP contribution in [0.4, 0.5) is 4.39 Å². The van der Waals surface area contributed by atoms with Crippen LogP contribution in [0.3, 0.4) is 0 Å². The van der Waals surface area contributed by atoms with E-state index in [4.69, 9.17) is 11.6 Å². The van der Waals surface area contributed by atoms with E-state index in [-0.39, 0.29) is 35.0 Å². The van der Waals surface area contributed by atoms with E-state index < -0.39 is 17.8 Å². The van der Waals surface area contributed by atoms with Crippen LogP contribution in [0.2, 0.25) is 5.02 Å². The number of aromatic nitrogens is 3. The van der Waals surface area contributed by atoms with Gasteiger partial charge in [0.25, 0.3) is 0 Å². The molecule has 0 N–H and O–H groups in total. The van der Waals surface area contributed by atoms with Crippen molar-refractivity contribution < 1.29 is 14.0 Å². The van der Waals surface area contributed by atoms with Crippen LogP contribution in [0.5, 0.6) is 0 Å². The van der Waals surface area contributed by atoms with Gasteiger partial charge >= 0.3 is 0 Å². The molecule has 1 aliphatic carbocycles. The van der Waals surface area contributed by atoms with Crippen LogP contribution >= 0.6 is 11.6 Å². The zero-order chi connectivity index (χ0) is 15.0. The van der Waals surface area contributed by atoms with E-state index >= 15 is 0 Å². The maximum Gasteiger partial charge on any atom is 0.165 e. The molecular weight excluding hydrogens is 297 g/mol. The number of nitrogens with zero attached hydrogens (tertiary/aromatic N) is 3. The monoisotopic (exact) mass is 307 g/mol. The number of rotatable bonds is 2. The third-order valence-electron chi connectivity index (χ3n) is 3.62. The number of hydrogen-bond donors (Lipinski definition) is 0. The summed E-state index contributed by atoms with van der Waals surface area (Å²) in [5.41, 5.74) is 0.182. The predicted molar refractivity (Wildman–Crippen MR) is 72.5 cm³/mol. The molecule has 0 radical (unpaired) electrons. The lowest BCUT2D eigenvalue weighted by Gasteiger charge is -2.30. The van der Waals surface area contributed by atoms with E-state index in [0.717, 1.165) is 0 Å². The van der Waals surface area contributed by atoms with Crippen molar-refractivity contribution in [3.05, 3.63) is 47.3 Å². The molecule has 0 saturated heterocycles. The van der Waals surface area contributed by atoms with Crippen LogP contribution in [0.15, 0.2) is 30.9 Å². The van der Waals surface area contributed by atoms with Gasteiger partial charge in [0.1, 0.15) is 30.3 Å². The number of benzene rings is 1. The molecular formula is C14H11ClFN3O2. The summed E-state index contributed by atoms with van der Waals surface area (Å²) in [6.07, 6.45) is 2.56. The van der Waals surface area contributed by atoms with Gasteiger partial charge in [-0.1, -0.05) is 17.7 Å². The van der Waals surface area contributed by atoms with E-state index in [9.17, 15) is 14.0 Å². The van der Waals surface area contributed by atoms with Gasteiger partial charge in [-0.25, -0.2) is 14.1 Å². The van der Waals surface area contributed by atoms with Crippen molar-refractivity contribution in [1.29, 1.82) is 0 Å². The molecule has 0 unspecified atom stereocenters. The quantitative estimate of drug-likeness (QED) is 0.799. The first-order valence-electron chi connectivity index (χ1n) is 6.40. The SMILES string of the molecule is O=C1CC(=O)[C@@H](n2cncn2)[C@@H](c2c(F)cccc2Cl)C1. The van der Waals surface area contributed by atoms with Gasteiger partial charge in [0, 0.05) is 22.9 Å². The summed E-state index contributed by atoms with van der Waals surface area (Å²) in [4.78, 5) is 27.8. The minimum absolute atomic E-state index is 0.0525. The van der Waals surface area contributed by atoms with E-state index in [0.29, 0.717) is 0 Å². The fraction of sp³-hybridized carbons (Fsp3) is 0.286. The molecule has 5 nitrogen and oxygen atoms in total. The minimum atomic E-state index is -0.764. The second-order valence-corrected chi connectivity index (χ2v) is 5.36. The molecule has 1 aromatic carbocycles. The first-order chi connectivity index (χ1) is 10.1. The molecule has 2 atom stereocenters. The Morgan fingerprint density at radius 3 is 2.81 bits per heavy atom. The summed E-state index contributed by atoms with van der Waals surface area (Å²) in [5, 5.41) is 4.16. The Kier molecular flexibility index (Phi) is 3.55. The molecule has 108 valence electrons. The average molecular weight is 308 g/mol. The van der Waals surface area contributed by atoms with Crippen molar-refractivity contribution in [2.75, 3.05) is 0 Å². The lowest BCUT2D eigenvalue weighted by Crippen LogP contribution is -2.35. The van der Waals surface area contributed by atoms with Crippen LogP contribution in [0, 0.1) is 5.82 Å². The summed E-state index contributed by atoms with van der Waals surface area (Å²) in [6, 6.07) is 3.53. The van der Waals surface area contributed by atoms with E-state index in [1.54, 1.807) is 6.07 Å². The number of ketones is 2. The lowest BCUT2D eigenvalue weighted by molar-refractivity contribution is -0.133. The summed E-state index contributed by atoms with van der Waals surface area (Å²) >= 11 is 6.08. The van der Waals surface area contributed by atoms with Gasteiger partial charge in [-0.05, 0) is 12.1 Å². The molecule has 1 saturated carbocycles. The van der Waals surface area contributed by atoms with E-state index in [1.165, 1.54) is 29.5 Å². The van der Waals surface area contributed by atoms with Gasteiger partial charge in [0.05, 0.1) is 6.42 Å². The highest BCUT2D eigenvalue weighted by Gasteiger charge is 2.40.